The molecule has 0 saturated heterocycles. The van der Waals surface area contributed by atoms with Gasteiger partial charge in [-0.2, -0.15) is 5.10 Å². The van der Waals surface area contributed by atoms with Crippen molar-refractivity contribution in [2.24, 2.45) is 5.92 Å². The highest BCUT2D eigenvalue weighted by atomic mass is 19.4. The van der Waals surface area contributed by atoms with Gasteiger partial charge in [-0.15, -0.1) is 13.2 Å². The van der Waals surface area contributed by atoms with Gasteiger partial charge in [0.25, 0.3) is 5.91 Å². The highest BCUT2D eigenvalue weighted by Gasteiger charge is 2.31. The number of hydrogen-bond donors (Lipinski definition) is 1. The van der Waals surface area contributed by atoms with Crippen LogP contribution in [-0.2, 0) is 0 Å². The topological polar surface area (TPSA) is 87.5 Å². The molecule has 0 aliphatic heterocycles. The molecule has 1 aromatic heterocycles. The monoisotopic (exact) mass is 450 g/mol. The van der Waals surface area contributed by atoms with Gasteiger partial charge in [-0.3, -0.25) is 4.79 Å². The lowest BCUT2D eigenvalue weighted by molar-refractivity contribution is -0.274. The van der Waals surface area contributed by atoms with Gasteiger partial charge in [0, 0.05) is 11.6 Å². The predicted molar refractivity (Wildman–Crippen MR) is 109 cm³/mol. The lowest BCUT2D eigenvalue weighted by Crippen LogP contribution is -2.18. The molecule has 11 heteroatoms. The van der Waals surface area contributed by atoms with Crippen molar-refractivity contribution in [1.29, 1.82) is 0 Å². The second-order valence-corrected chi connectivity index (χ2v) is 7.09. The second kappa shape index (κ2) is 9.58. The number of carbonyl (C=O) groups excluding carboxylic acids is 1. The summed E-state index contributed by atoms with van der Waals surface area (Å²) in [5.74, 6) is 0.0468. The van der Waals surface area contributed by atoms with E-state index in [0.29, 0.717) is 29.7 Å². The van der Waals surface area contributed by atoms with Crippen LogP contribution in [0.3, 0.4) is 0 Å². The van der Waals surface area contributed by atoms with Crippen LogP contribution in [0.25, 0.3) is 5.69 Å². The number of rotatable bonds is 8. The molecule has 0 fully saturated rings. The molecule has 0 unspecified atom stereocenters. The minimum atomic E-state index is -4.88. The fourth-order valence-electron chi connectivity index (χ4n) is 2.72. The van der Waals surface area contributed by atoms with E-state index in [9.17, 15) is 18.0 Å². The Balaban J connectivity index is 1.89. The maximum Gasteiger partial charge on any atom is 0.573 e. The molecule has 0 bridgehead atoms. The van der Waals surface area contributed by atoms with E-state index in [1.807, 2.05) is 13.8 Å². The van der Waals surface area contributed by atoms with Crippen LogP contribution in [0.4, 0.5) is 18.9 Å². The first-order valence-corrected chi connectivity index (χ1v) is 9.53. The predicted octanol–water partition coefficient (Wildman–Crippen LogP) is 4.46. The van der Waals surface area contributed by atoms with Gasteiger partial charge < -0.3 is 19.5 Å². The molecule has 1 amide bonds. The third-order valence-electron chi connectivity index (χ3n) is 4.11. The number of methoxy groups -OCH3 is 1. The van der Waals surface area contributed by atoms with E-state index in [-0.39, 0.29) is 11.3 Å². The first-order valence-electron chi connectivity index (χ1n) is 9.53. The number of benzene rings is 2. The Hall–Kier alpha value is -3.76. The molecule has 0 atom stereocenters. The van der Waals surface area contributed by atoms with Crippen molar-refractivity contribution in [1.82, 2.24) is 14.8 Å². The molecule has 0 saturated carbocycles. The van der Waals surface area contributed by atoms with Gasteiger partial charge in [-0.05, 0) is 36.2 Å². The summed E-state index contributed by atoms with van der Waals surface area (Å²) in [6, 6.07) is 8.10. The highest BCUT2D eigenvalue weighted by Crippen LogP contribution is 2.31. The van der Waals surface area contributed by atoms with Crippen molar-refractivity contribution in [2.75, 3.05) is 19.0 Å². The van der Waals surface area contributed by atoms with Gasteiger partial charge >= 0.3 is 6.36 Å². The standard InChI is InChI=1S/C21H21F3N4O4/c1-13(2)10-31-18-7-4-14(8-19(18)30-3)20(29)27-16-9-15(32-21(22,23)24)5-6-17(16)28-12-25-11-26-28/h4-9,11-13H,10H2,1-3H3,(H,27,29). The summed E-state index contributed by atoms with van der Waals surface area (Å²) >= 11 is 0. The molecule has 3 rings (SSSR count). The van der Waals surface area contributed by atoms with Gasteiger partial charge in [-0.25, -0.2) is 9.67 Å². The minimum Gasteiger partial charge on any atom is -0.493 e. The maximum absolute atomic E-state index is 12.9. The third-order valence-corrected chi connectivity index (χ3v) is 4.11. The zero-order chi connectivity index (χ0) is 23.3. The summed E-state index contributed by atoms with van der Waals surface area (Å²) in [6.45, 7) is 4.46. The third kappa shape index (κ3) is 5.90. The van der Waals surface area contributed by atoms with Crippen LogP contribution < -0.4 is 19.5 Å². The highest BCUT2D eigenvalue weighted by molar-refractivity contribution is 6.05. The van der Waals surface area contributed by atoms with E-state index in [4.69, 9.17) is 9.47 Å². The summed E-state index contributed by atoms with van der Waals surface area (Å²) in [5, 5.41) is 6.55. The molecule has 1 N–H and O–H groups in total. The van der Waals surface area contributed by atoms with E-state index in [1.54, 1.807) is 6.07 Å². The Morgan fingerprint density at radius 3 is 2.56 bits per heavy atom. The number of alkyl halides is 3. The van der Waals surface area contributed by atoms with Crippen LogP contribution in [0.5, 0.6) is 17.2 Å². The number of nitrogens with zero attached hydrogens (tertiary/aromatic N) is 3. The Morgan fingerprint density at radius 2 is 1.94 bits per heavy atom. The van der Waals surface area contributed by atoms with Crippen LogP contribution in [-0.4, -0.2) is 40.8 Å². The molecule has 3 aromatic rings. The molecule has 8 nitrogen and oxygen atoms in total. The molecular formula is C21H21F3N4O4. The lowest BCUT2D eigenvalue weighted by Gasteiger charge is -2.16. The smallest absolute Gasteiger partial charge is 0.493 e. The van der Waals surface area contributed by atoms with Crippen LogP contribution in [0.2, 0.25) is 0 Å². The molecule has 170 valence electrons. The summed E-state index contributed by atoms with van der Waals surface area (Å²) in [6.07, 6.45) is -2.28. The molecule has 0 spiro atoms. The molecule has 0 aliphatic rings. The quantitative estimate of drug-likeness (QED) is 0.545. The van der Waals surface area contributed by atoms with Crippen molar-refractivity contribution < 1.29 is 32.2 Å². The molecule has 32 heavy (non-hydrogen) atoms. The number of hydrogen-bond acceptors (Lipinski definition) is 6. The van der Waals surface area contributed by atoms with Crippen molar-refractivity contribution in [3.05, 3.63) is 54.6 Å². The van der Waals surface area contributed by atoms with Crippen LogP contribution in [0.15, 0.2) is 49.1 Å². The zero-order valence-electron chi connectivity index (χ0n) is 17.5. The van der Waals surface area contributed by atoms with E-state index in [2.05, 4.69) is 20.1 Å². The summed E-state index contributed by atoms with van der Waals surface area (Å²) in [4.78, 5) is 16.7. The first-order chi connectivity index (χ1) is 15.2. The van der Waals surface area contributed by atoms with Gasteiger partial charge in [0.1, 0.15) is 18.4 Å². The van der Waals surface area contributed by atoms with Gasteiger partial charge in [0.15, 0.2) is 11.5 Å². The lowest BCUT2D eigenvalue weighted by atomic mass is 10.1. The number of amides is 1. The minimum absolute atomic E-state index is 0.0429. The molecular weight excluding hydrogens is 429 g/mol. The Morgan fingerprint density at radius 1 is 1.16 bits per heavy atom. The van der Waals surface area contributed by atoms with E-state index < -0.39 is 18.0 Å². The molecule has 1 heterocycles. The number of aromatic nitrogens is 3. The number of halogens is 3. The van der Waals surface area contributed by atoms with Crippen molar-refractivity contribution >= 4 is 11.6 Å². The van der Waals surface area contributed by atoms with Gasteiger partial charge in [0.2, 0.25) is 0 Å². The van der Waals surface area contributed by atoms with Crippen LogP contribution >= 0.6 is 0 Å². The van der Waals surface area contributed by atoms with E-state index in [0.717, 1.165) is 12.1 Å². The fourth-order valence-corrected chi connectivity index (χ4v) is 2.72. The average Bonchev–Trinajstić information content (AvgIpc) is 3.25. The Bertz CT molecular complexity index is 1070. The van der Waals surface area contributed by atoms with Crippen molar-refractivity contribution in [2.45, 2.75) is 20.2 Å². The first kappa shape index (κ1) is 22.9. The molecule has 0 radical (unpaired) electrons. The van der Waals surface area contributed by atoms with Crippen molar-refractivity contribution in [3.63, 3.8) is 0 Å². The molecule has 2 aromatic carbocycles. The second-order valence-electron chi connectivity index (χ2n) is 7.09. The average molecular weight is 450 g/mol. The van der Waals surface area contributed by atoms with Crippen LogP contribution in [0, 0.1) is 5.92 Å². The Labute approximate surface area is 181 Å². The number of anilines is 1. The number of carbonyl (C=O) groups is 1. The fraction of sp³-hybridized carbons (Fsp3) is 0.286. The number of nitrogens with one attached hydrogen (secondary N) is 1. The zero-order valence-corrected chi connectivity index (χ0v) is 17.5. The van der Waals surface area contributed by atoms with E-state index in [1.165, 1.54) is 42.6 Å². The maximum atomic E-state index is 12.9. The van der Waals surface area contributed by atoms with Crippen molar-refractivity contribution in [3.8, 4) is 22.9 Å². The number of ether oxygens (including phenoxy) is 3. The molecule has 0 aliphatic carbocycles. The largest absolute Gasteiger partial charge is 0.573 e. The summed E-state index contributed by atoms with van der Waals surface area (Å²) < 4.78 is 54.2. The van der Waals surface area contributed by atoms with Crippen LogP contribution in [0.1, 0.15) is 24.2 Å². The normalized spacial score (nSPS) is 11.3. The SMILES string of the molecule is COc1cc(C(=O)Nc2cc(OC(F)(F)F)ccc2-n2cncn2)ccc1OCC(C)C. The van der Waals surface area contributed by atoms with Gasteiger partial charge in [0.05, 0.1) is 25.1 Å². The van der Waals surface area contributed by atoms with Gasteiger partial charge in [-0.1, -0.05) is 13.8 Å². The Kier molecular flexibility index (Phi) is 6.86. The summed E-state index contributed by atoms with van der Waals surface area (Å²) in [7, 11) is 1.44. The van der Waals surface area contributed by atoms with E-state index >= 15 is 0 Å². The summed E-state index contributed by atoms with van der Waals surface area (Å²) in [5.41, 5.74) is 0.556.